The van der Waals surface area contributed by atoms with Crippen LogP contribution in [-0.4, -0.2) is 49.4 Å². The highest BCUT2D eigenvalue weighted by Gasteiger charge is 2.37. The van der Waals surface area contributed by atoms with Gasteiger partial charge in [-0.3, -0.25) is 4.79 Å². The highest BCUT2D eigenvalue weighted by Crippen LogP contribution is 2.36. The van der Waals surface area contributed by atoms with Crippen LogP contribution in [0.15, 0.2) is 54.9 Å². The highest BCUT2D eigenvalue weighted by molar-refractivity contribution is 5.98. The molecule has 8 nitrogen and oxygen atoms in total. The third kappa shape index (κ3) is 3.10. The molecule has 1 fully saturated rings. The van der Waals surface area contributed by atoms with Gasteiger partial charge in [0.2, 0.25) is 0 Å². The summed E-state index contributed by atoms with van der Waals surface area (Å²) in [5.74, 6) is 1.89. The second-order valence-electron chi connectivity index (χ2n) is 7.65. The molecule has 1 amide bonds. The molecule has 8 heteroatoms. The van der Waals surface area contributed by atoms with Crippen LogP contribution < -0.4 is 4.74 Å². The predicted molar refractivity (Wildman–Crippen MR) is 112 cm³/mol. The van der Waals surface area contributed by atoms with Crippen molar-refractivity contribution in [3.63, 3.8) is 0 Å². The van der Waals surface area contributed by atoms with Crippen LogP contribution in [0.25, 0.3) is 16.7 Å². The standard InChI is InChI=1S/C22H22N6O2/c1-14-11-20(21-25-17-8-7-15(30-2)12-18(17)26-21)27(13-14)22(29)16-5-3-4-6-19(16)28-23-9-10-24-28/h3-10,12,14,20H,11,13H2,1-2H3,(H,25,26)/t14-,20+/m1/s1. The number of aromatic nitrogens is 5. The van der Waals surface area contributed by atoms with Crippen LogP contribution in [0.1, 0.15) is 35.6 Å². The smallest absolute Gasteiger partial charge is 0.256 e. The number of carbonyl (C=O) groups excluding carboxylic acids is 1. The van der Waals surface area contributed by atoms with Crippen LogP contribution in [0, 0.1) is 5.92 Å². The summed E-state index contributed by atoms with van der Waals surface area (Å²) in [6, 6.07) is 13.0. The van der Waals surface area contributed by atoms with Crippen molar-refractivity contribution < 1.29 is 9.53 Å². The summed E-state index contributed by atoms with van der Waals surface area (Å²) < 4.78 is 5.31. The van der Waals surface area contributed by atoms with E-state index >= 15 is 0 Å². The lowest BCUT2D eigenvalue weighted by molar-refractivity contribution is 0.0727. The number of carbonyl (C=O) groups is 1. The summed E-state index contributed by atoms with van der Waals surface area (Å²) in [6.07, 6.45) is 4.06. The average molecular weight is 402 g/mol. The first kappa shape index (κ1) is 18.4. The first-order valence-corrected chi connectivity index (χ1v) is 9.94. The summed E-state index contributed by atoms with van der Waals surface area (Å²) in [7, 11) is 1.64. The lowest BCUT2D eigenvalue weighted by atomic mass is 10.1. The number of hydrogen-bond donors (Lipinski definition) is 1. The number of H-pyrrole nitrogens is 1. The molecule has 5 rings (SSSR count). The molecular weight excluding hydrogens is 380 g/mol. The molecule has 2 aromatic carbocycles. The Morgan fingerprint density at radius 2 is 1.97 bits per heavy atom. The van der Waals surface area contributed by atoms with Gasteiger partial charge in [-0.05, 0) is 36.6 Å². The molecular formula is C22H22N6O2. The fraction of sp³-hybridized carbons (Fsp3) is 0.273. The molecule has 0 saturated carbocycles. The van der Waals surface area contributed by atoms with Crippen LogP contribution in [0.2, 0.25) is 0 Å². The largest absolute Gasteiger partial charge is 0.497 e. The monoisotopic (exact) mass is 402 g/mol. The van der Waals surface area contributed by atoms with Gasteiger partial charge < -0.3 is 14.6 Å². The molecule has 1 saturated heterocycles. The molecule has 0 unspecified atom stereocenters. The van der Waals surface area contributed by atoms with E-state index in [0.717, 1.165) is 29.0 Å². The van der Waals surface area contributed by atoms with E-state index < -0.39 is 0 Å². The molecule has 0 bridgehead atoms. The quantitative estimate of drug-likeness (QED) is 0.565. The number of rotatable bonds is 4. The molecule has 2 aromatic heterocycles. The van der Waals surface area contributed by atoms with Gasteiger partial charge in [0.1, 0.15) is 11.6 Å². The van der Waals surface area contributed by atoms with E-state index in [-0.39, 0.29) is 11.9 Å². The number of aromatic amines is 1. The summed E-state index contributed by atoms with van der Waals surface area (Å²) in [5, 5.41) is 8.40. The maximum Gasteiger partial charge on any atom is 0.256 e. The van der Waals surface area contributed by atoms with E-state index in [9.17, 15) is 4.79 Å². The summed E-state index contributed by atoms with van der Waals surface area (Å²) in [4.78, 5) is 25.2. The van der Waals surface area contributed by atoms with E-state index in [2.05, 4.69) is 22.1 Å². The number of fused-ring (bicyclic) bond motifs is 1. The number of para-hydroxylation sites is 1. The number of nitrogens with zero attached hydrogens (tertiary/aromatic N) is 5. The van der Waals surface area contributed by atoms with E-state index in [1.807, 2.05) is 47.4 Å². The summed E-state index contributed by atoms with van der Waals surface area (Å²) >= 11 is 0. The minimum Gasteiger partial charge on any atom is -0.497 e. The van der Waals surface area contributed by atoms with Crippen molar-refractivity contribution in [1.82, 2.24) is 29.9 Å². The second kappa shape index (κ2) is 7.29. The van der Waals surface area contributed by atoms with Gasteiger partial charge in [0.05, 0.1) is 47.8 Å². The number of nitrogens with one attached hydrogen (secondary N) is 1. The zero-order valence-corrected chi connectivity index (χ0v) is 16.8. The van der Waals surface area contributed by atoms with Crippen LogP contribution in [0.4, 0.5) is 0 Å². The van der Waals surface area contributed by atoms with Crippen molar-refractivity contribution in [2.24, 2.45) is 5.92 Å². The molecule has 4 aromatic rings. The van der Waals surface area contributed by atoms with Crippen molar-refractivity contribution in [3.05, 3.63) is 66.2 Å². The van der Waals surface area contributed by atoms with E-state index in [1.165, 1.54) is 4.80 Å². The van der Waals surface area contributed by atoms with E-state index in [4.69, 9.17) is 9.72 Å². The molecule has 1 N–H and O–H groups in total. The fourth-order valence-corrected chi connectivity index (χ4v) is 4.15. The first-order chi connectivity index (χ1) is 14.6. The predicted octanol–water partition coefficient (Wildman–Crippen LogP) is 3.38. The summed E-state index contributed by atoms with van der Waals surface area (Å²) in [5.41, 5.74) is 3.00. The minimum atomic E-state index is -0.121. The molecule has 30 heavy (non-hydrogen) atoms. The third-order valence-electron chi connectivity index (χ3n) is 5.56. The first-order valence-electron chi connectivity index (χ1n) is 9.94. The minimum absolute atomic E-state index is 0.0460. The Kier molecular flexibility index (Phi) is 4.46. The lowest BCUT2D eigenvalue weighted by Crippen LogP contribution is -2.32. The number of hydrogen-bond acceptors (Lipinski definition) is 5. The Morgan fingerprint density at radius 1 is 1.17 bits per heavy atom. The number of amides is 1. The summed E-state index contributed by atoms with van der Waals surface area (Å²) in [6.45, 7) is 2.83. The number of ether oxygens (including phenoxy) is 1. The Labute approximate surface area is 173 Å². The van der Waals surface area contributed by atoms with Crippen molar-refractivity contribution in [1.29, 1.82) is 0 Å². The molecule has 0 spiro atoms. The SMILES string of the molecule is COc1ccc2nc([C@@H]3C[C@@H](C)CN3C(=O)c3ccccc3-n3nccn3)[nH]c2c1. The van der Waals surface area contributed by atoms with E-state index in [1.54, 1.807) is 19.5 Å². The molecule has 0 aliphatic carbocycles. The molecule has 2 atom stereocenters. The third-order valence-corrected chi connectivity index (χ3v) is 5.56. The van der Waals surface area contributed by atoms with Crippen LogP contribution >= 0.6 is 0 Å². The molecule has 152 valence electrons. The van der Waals surface area contributed by atoms with Crippen molar-refractivity contribution >= 4 is 16.9 Å². The van der Waals surface area contributed by atoms with Crippen LogP contribution in [0.3, 0.4) is 0 Å². The normalized spacial score (nSPS) is 18.8. The van der Waals surface area contributed by atoms with Gasteiger partial charge >= 0.3 is 0 Å². The van der Waals surface area contributed by atoms with E-state index in [0.29, 0.717) is 23.7 Å². The zero-order valence-electron chi connectivity index (χ0n) is 16.8. The Balaban J connectivity index is 1.52. The van der Waals surface area contributed by atoms with Crippen molar-refractivity contribution in [2.45, 2.75) is 19.4 Å². The topological polar surface area (TPSA) is 88.9 Å². The second-order valence-corrected chi connectivity index (χ2v) is 7.65. The zero-order chi connectivity index (χ0) is 20.7. The Hall–Kier alpha value is -3.68. The van der Waals surface area contributed by atoms with Crippen molar-refractivity contribution in [3.8, 4) is 11.4 Å². The lowest BCUT2D eigenvalue weighted by Gasteiger charge is -2.24. The highest BCUT2D eigenvalue weighted by atomic mass is 16.5. The number of likely N-dealkylation sites (tertiary alicyclic amines) is 1. The molecule has 1 aliphatic rings. The van der Waals surface area contributed by atoms with Gasteiger partial charge in [-0.15, -0.1) is 0 Å². The number of imidazole rings is 1. The number of methoxy groups -OCH3 is 1. The number of benzene rings is 2. The molecule has 1 aliphatic heterocycles. The van der Waals surface area contributed by atoms with Gasteiger partial charge in [-0.25, -0.2) is 4.98 Å². The van der Waals surface area contributed by atoms with Crippen molar-refractivity contribution in [2.75, 3.05) is 13.7 Å². The van der Waals surface area contributed by atoms with Crippen LogP contribution in [-0.2, 0) is 0 Å². The van der Waals surface area contributed by atoms with Crippen LogP contribution in [0.5, 0.6) is 5.75 Å². The van der Waals surface area contributed by atoms with Gasteiger partial charge in [-0.1, -0.05) is 19.1 Å². The molecule has 0 radical (unpaired) electrons. The maximum absolute atomic E-state index is 13.6. The Bertz CT molecular complexity index is 1200. The van der Waals surface area contributed by atoms with Gasteiger partial charge in [0.25, 0.3) is 5.91 Å². The van der Waals surface area contributed by atoms with Gasteiger partial charge in [0, 0.05) is 12.6 Å². The molecule has 3 heterocycles. The fourth-order valence-electron chi connectivity index (χ4n) is 4.15. The van der Waals surface area contributed by atoms with Gasteiger partial charge in [0.15, 0.2) is 0 Å². The maximum atomic E-state index is 13.6. The van der Waals surface area contributed by atoms with Gasteiger partial charge in [-0.2, -0.15) is 15.0 Å². The average Bonchev–Trinajstić information content (AvgIpc) is 3.51. The Morgan fingerprint density at radius 3 is 2.77 bits per heavy atom.